The van der Waals surface area contributed by atoms with Gasteiger partial charge in [-0.25, -0.2) is 0 Å². The van der Waals surface area contributed by atoms with Crippen LogP contribution < -0.4 is 4.90 Å². The van der Waals surface area contributed by atoms with Crippen LogP contribution in [0.5, 0.6) is 0 Å². The topological polar surface area (TPSA) is 63.5 Å². The van der Waals surface area contributed by atoms with Gasteiger partial charge in [-0.3, -0.25) is 14.9 Å². The number of non-ortho nitro benzene ring substituents is 1. The fourth-order valence-corrected chi connectivity index (χ4v) is 1.95. The zero-order valence-corrected chi connectivity index (χ0v) is 11.2. The molecular weight excluding hydrogens is 256 g/mol. The second kappa shape index (κ2) is 5.52. The molecule has 2 aromatic rings. The number of ketones is 1. The lowest BCUT2D eigenvalue weighted by Gasteiger charge is -2.16. The van der Waals surface area contributed by atoms with Crippen LogP contribution >= 0.6 is 0 Å². The molecule has 0 radical (unpaired) electrons. The Labute approximate surface area is 116 Å². The fourth-order valence-electron chi connectivity index (χ4n) is 1.95. The molecule has 0 aliphatic rings. The van der Waals surface area contributed by atoms with Crippen LogP contribution in [0.1, 0.15) is 15.9 Å². The van der Waals surface area contributed by atoms with Crippen molar-refractivity contribution in [3.63, 3.8) is 0 Å². The zero-order valence-electron chi connectivity index (χ0n) is 11.2. The van der Waals surface area contributed by atoms with E-state index >= 15 is 0 Å². The predicted molar refractivity (Wildman–Crippen MR) is 77.3 cm³/mol. The van der Waals surface area contributed by atoms with Crippen molar-refractivity contribution < 1.29 is 9.72 Å². The predicted octanol–water partition coefficient (Wildman–Crippen LogP) is 2.89. The highest BCUT2D eigenvalue weighted by Crippen LogP contribution is 2.22. The first-order chi connectivity index (χ1) is 9.50. The Morgan fingerprint density at radius 3 is 2.20 bits per heavy atom. The van der Waals surface area contributed by atoms with Crippen LogP contribution in [0.3, 0.4) is 0 Å². The summed E-state index contributed by atoms with van der Waals surface area (Å²) in [7, 11) is 3.73. The maximum Gasteiger partial charge on any atom is 0.269 e. The number of nitrogens with zero attached hydrogens (tertiary/aromatic N) is 2. The molecule has 0 atom stereocenters. The van der Waals surface area contributed by atoms with Gasteiger partial charge in [0.1, 0.15) is 0 Å². The lowest BCUT2D eigenvalue weighted by molar-refractivity contribution is -0.384. The van der Waals surface area contributed by atoms with E-state index in [4.69, 9.17) is 0 Å². The molecule has 2 aromatic carbocycles. The Kier molecular flexibility index (Phi) is 3.79. The molecule has 0 bridgehead atoms. The van der Waals surface area contributed by atoms with Gasteiger partial charge in [-0.2, -0.15) is 0 Å². The number of carbonyl (C=O) groups is 1. The first-order valence-electron chi connectivity index (χ1n) is 6.06. The minimum absolute atomic E-state index is 0.0255. The molecular formula is C15H14N2O3. The van der Waals surface area contributed by atoms with E-state index in [-0.39, 0.29) is 11.5 Å². The van der Waals surface area contributed by atoms with Crippen molar-refractivity contribution in [1.29, 1.82) is 0 Å². The van der Waals surface area contributed by atoms with Gasteiger partial charge in [-0.1, -0.05) is 12.1 Å². The number of nitro groups is 1. The Bertz CT molecular complexity index is 648. The molecule has 0 spiro atoms. The molecule has 0 heterocycles. The number of hydrogen-bond acceptors (Lipinski definition) is 4. The number of benzene rings is 2. The average Bonchev–Trinajstić information content (AvgIpc) is 2.46. The van der Waals surface area contributed by atoms with Crippen molar-refractivity contribution in [2.24, 2.45) is 0 Å². The summed E-state index contributed by atoms with van der Waals surface area (Å²) in [5, 5.41) is 10.6. The van der Waals surface area contributed by atoms with Gasteiger partial charge in [0, 0.05) is 43.0 Å². The molecule has 0 saturated heterocycles. The van der Waals surface area contributed by atoms with Crippen molar-refractivity contribution in [1.82, 2.24) is 0 Å². The van der Waals surface area contributed by atoms with Gasteiger partial charge in [-0.05, 0) is 24.3 Å². The van der Waals surface area contributed by atoms with Gasteiger partial charge in [0.25, 0.3) is 5.69 Å². The summed E-state index contributed by atoms with van der Waals surface area (Å²) < 4.78 is 0. The Balaban J connectivity index is 2.39. The van der Waals surface area contributed by atoms with E-state index in [0.29, 0.717) is 11.1 Å². The minimum Gasteiger partial charge on any atom is -0.377 e. The van der Waals surface area contributed by atoms with Crippen LogP contribution in [-0.2, 0) is 0 Å². The number of carbonyl (C=O) groups excluding carboxylic acids is 1. The van der Waals surface area contributed by atoms with Crippen LogP contribution in [0.15, 0.2) is 48.5 Å². The van der Waals surface area contributed by atoms with Crippen molar-refractivity contribution in [2.75, 3.05) is 19.0 Å². The van der Waals surface area contributed by atoms with Crippen LogP contribution in [0.2, 0.25) is 0 Å². The maximum atomic E-state index is 12.5. The lowest BCUT2D eigenvalue weighted by atomic mass is 10.0. The Morgan fingerprint density at radius 1 is 1.05 bits per heavy atom. The second-order valence-corrected chi connectivity index (χ2v) is 4.54. The Hall–Kier alpha value is -2.69. The van der Waals surface area contributed by atoms with Gasteiger partial charge < -0.3 is 4.90 Å². The molecule has 0 saturated carbocycles. The quantitative estimate of drug-likeness (QED) is 0.487. The molecule has 0 aromatic heterocycles. The highest BCUT2D eigenvalue weighted by atomic mass is 16.6. The molecule has 5 nitrogen and oxygen atoms in total. The maximum absolute atomic E-state index is 12.5. The minimum atomic E-state index is -0.484. The summed E-state index contributed by atoms with van der Waals surface area (Å²) in [6, 6.07) is 12.9. The summed E-state index contributed by atoms with van der Waals surface area (Å²) in [5.74, 6) is -0.149. The number of nitro benzene ring substituents is 1. The number of anilines is 1. The third-order valence-corrected chi connectivity index (χ3v) is 2.97. The molecule has 0 aliphatic heterocycles. The first-order valence-corrected chi connectivity index (χ1v) is 6.06. The van der Waals surface area contributed by atoms with Gasteiger partial charge in [0.2, 0.25) is 0 Å². The normalized spacial score (nSPS) is 10.1. The summed E-state index contributed by atoms with van der Waals surface area (Å²) in [4.78, 5) is 24.4. The number of rotatable bonds is 4. The molecule has 5 heteroatoms. The number of hydrogen-bond donors (Lipinski definition) is 0. The Morgan fingerprint density at radius 2 is 1.65 bits per heavy atom. The third-order valence-electron chi connectivity index (χ3n) is 2.97. The van der Waals surface area contributed by atoms with Crippen molar-refractivity contribution >= 4 is 17.2 Å². The van der Waals surface area contributed by atoms with E-state index in [1.165, 1.54) is 24.3 Å². The van der Waals surface area contributed by atoms with Gasteiger partial charge in [-0.15, -0.1) is 0 Å². The SMILES string of the molecule is CN(C)c1ccccc1C(=O)c1ccc([N+](=O)[O-])cc1. The summed E-state index contributed by atoms with van der Waals surface area (Å²) in [5.41, 5.74) is 1.80. The molecule has 0 unspecified atom stereocenters. The summed E-state index contributed by atoms with van der Waals surface area (Å²) in [6.45, 7) is 0. The number of para-hydroxylation sites is 1. The van der Waals surface area contributed by atoms with Crippen molar-refractivity contribution in [3.8, 4) is 0 Å². The molecule has 20 heavy (non-hydrogen) atoms. The monoisotopic (exact) mass is 270 g/mol. The third kappa shape index (κ3) is 2.66. The smallest absolute Gasteiger partial charge is 0.269 e. The fraction of sp³-hybridized carbons (Fsp3) is 0.133. The van der Waals surface area contributed by atoms with Crippen molar-refractivity contribution in [3.05, 3.63) is 69.8 Å². The van der Waals surface area contributed by atoms with Gasteiger partial charge in [0.05, 0.1) is 4.92 Å². The molecule has 0 N–H and O–H groups in total. The van der Waals surface area contributed by atoms with Crippen molar-refractivity contribution in [2.45, 2.75) is 0 Å². The van der Waals surface area contributed by atoms with Crippen LogP contribution in [0.25, 0.3) is 0 Å². The van der Waals surface area contributed by atoms with E-state index in [9.17, 15) is 14.9 Å². The zero-order chi connectivity index (χ0) is 14.7. The average molecular weight is 270 g/mol. The van der Waals surface area contributed by atoms with E-state index in [1.54, 1.807) is 12.1 Å². The highest BCUT2D eigenvalue weighted by Gasteiger charge is 2.15. The largest absolute Gasteiger partial charge is 0.377 e. The molecule has 0 fully saturated rings. The van der Waals surface area contributed by atoms with Crippen LogP contribution in [-0.4, -0.2) is 24.8 Å². The highest BCUT2D eigenvalue weighted by molar-refractivity contribution is 6.12. The summed E-state index contributed by atoms with van der Waals surface area (Å²) >= 11 is 0. The standard InChI is InChI=1S/C15H14N2O3/c1-16(2)14-6-4-3-5-13(14)15(18)11-7-9-12(10-8-11)17(19)20/h3-10H,1-2H3. The second-order valence-electron chi connectivity index (χ2n) is 4.54. The van der Waals surface area contributed by atoms with Crippen LogP contribution in [0, 0.1) is 10.1 Å². The van der Waals surface area contributed by atoms with Gasteiger partial charge in [0.15, 0.2) is 5.78 Å². The van der Waals surface area contributed by atoms with E-state index < -0.39 is 4.92 Å². The molecule has 102 valence electrons. The summed E-state index contributed by atoms with van der Waals surface area (Å²) in [6.07, 6.45) is 0. The van der Waals surface area contributed by atoms with Gasteiger partial charge >= 0.3 is 0 Å². The molecule has 2 rings (SSSR count). The van der Waals surface area contributed by atoms with E-state index in [1.807, 2.05) is 31.1 Å². The first kappa shape index (κ1) is 13.7. The lowest BCUT2D eigenvalue weighted by Crippen LogP contribution is -2.14. The van der Waals surface area contributed by atoms with Crippen LogP contribution in [0.4, 0.5) is 11.4 Å². The van der Waals surface area contributed by atoms with E-state index in [2.05, 4.69) is 0 Å². The molecule has 0 amide bonds. The molecule has 0 aliphatic carbocycles. The van der Waals surface area contributed by atoms with E-state index in [0.717, 1.165) is 5.69 Å².